The molecule has 0 saturated heterocycles. The van der Waals surface area contributed by atoms with E-state index in [2.05, 4.69) is 16.0 Å². The maximum absolute atomic E-state index is 12.8. The van der Waals surface area contributed by atoms with E-state index in [1.807, 2.05) is 13.8 Å². The fraction of sp³-hybridized carbons (Fsp3) is 0.750. The molecule has 0 spiro atoms. The molecule has 0 saturated carbocycles. The third kappa shape index (κ3) is 12.7. The summed E-state index contributed by atoms with van der Waals surface area (Å²) in [4.78, 5) is 59.8. The van der Waals surface area contributed by atoms with E-state index in [4.69, 9.17) is 17.2 Å². The molecule has 0 radical (unpaired) electrons. The number of aliphatic carboxylic acids is 1. The van der Waals surface area contributed by atoms with Gasteiger partial charge in [0, 0.05) is 6.42 Å². The van der Waals surface area contributed by atoms with Crippen LogP contribution in [0.25, 0.3) is 0 Å². The van der Waals surface area contributed by atoms with Crippen LogP contribution in [0.5, 0.6) is 0 Å². The number of hydrogen-bond donors (Lipinski definition) is 8. The largest absolute Gasteiger partial charge is 0.480 e. The van der Waals surface area contributed by atoms with Gasteiger partial charge in [0.1, 0.15) is 18.1 Å². The first-order chi connectivity index (χ1) is 15.4. The summed E-state index contributed by atoms with van der Waals surface area (Å²) in [5.74, 6) is -4.37. The molecule has 13 heteroatoms. The summed E-state index contributed by atoms with van der Waals surface area (Å²) in [7, 11) is 0. The van der Waals surface area contributed by atoms with Crippen molar-refractivity contribution in [3.05, 3.63) is 0 Å². The second kappa shape index (κ2) is 15.9. The molecule has 4 unspecified atom stereocenters. The van der Waals surface area contributed by atoms with Crippen LogP contribution >= 0.6 is 0 Å². The molecule has 0 fully saturated rings. The lowest BCUT2D eigenvalue weighted by molar-refractivity contribution is -0.143. The van der Waals surface area contributed by atoms with Gasteiger partial charge in [-0.25, -0.2) is 4.79 Å². The smallest absolute Gasteiger partial charge is 0.326 e. The monoisotopic (exact) mass is 474 g/mol. The fourth-order valence-corrected chi connectivity index (χ4v) is 2.90. The number of carboxylic acids is 1. The summed E-state index contributed by atoms with van der Waals surface area (Å²) in [5.41, 5.74) is 16.3. The van der Waals surface area contributed by atoms with Crippen LogP contribution in [0.4, 0.5) is 0 Å². The van der Waals surface area contributed by atoms with Crippen LogP contribution in [0, 0.1) is 5.92 Å². The Morgan fingerprint density at radius 1 is 0.848 bits per heavy atom. The van der Waals surface area contributed by atoms with Crippen molar-refractivity contribution in [2.45, 2.75) is 76.5 Å². The quantitative estimate of drug-likeness (QED) is 0.102. The normalized spacial score (nSPS) is 14.6. The number of unbranched alkanes of at least 4 members (excludes halogenated alkanes) is 1. The van der Waals surface area contributed by atoms with E-state index >= 15 is 0 Å². The number of hydrogen-bond acceptors (Lipinski definition) is 8. The van der Waals surface area contributed by atoms with Gasteiger partial charge in [-0.15, -0.1) is 0 Å². The number of nitrogens with two attached hydrogens (primary N) is 3. The van der Waals surface area contributed by atoms with Gasteiger partial charge in [0.2, 0.25) is 23.6 Å². The number of aliphatic hydroxyl groups is 1. The maximum atomic E-state index is 12.8. The van der Waals surface area contributed by atoms with Gasteiger partial charge in [-0.05, 0) is 38.1 Å². The number of rotatable bonds is 17. The first-order valence-electron chi connectivity index (χ1n) is 10.9. The summed E-state index contributed by atoms with van der Waals surface area (Å²) < 4.78 is 0. The van der Waals surface area contributed by atoms with E-state index in [1.165, 1.54) is 0 Å². The number of primary amides is 1. The standard InChI is InChI=1S/C20H38N6O7/c1-11(2)9-14(25-17(29)12(22)5-3-4-8-21)18(30)26-15(10-27)19(31)24-13(20(32)33)6-7-16(23)28/h11-15,27H,3-10,21-22H2,1-2H3,(H2,23,28)(H,24,31)(H,25,29)(H,26,30)(H,32,33). The Labute approximate surface area is 193 Å². The van der Waals surface area contributed by atoms with Crippen LogP contribution in [0.2, 0.25) is 0 Å². The summed E-state index contributed by atoms with van der Waals surface area (Å²) in [6.45, 7) is 3.32. The van der Waals surface area contributed by atoms with E-state index in [0.717, 1.165) is 0 Å². The lowest BCUT2D eigenvalue weighted by atomic mass is 10.0. The van der Waals surface area contributed by atoms with Crippen molar-refractivity contribution in [2.24, 2.45) is 23.1 Å². The number of carbonyl (C=O) groups is 5. The molecule has 0 aromatic rings. The Morgan fingerprint density at radius 3 is 1.88 bits per heavy atom. The molecule has 0 heterocycles. The molecular weight excluding hydrogens is 436 g/mol. The third-order valence-electron chi connectivity index (χ3n) is 4.76. The van der Waals surface area contributed by atoms with E-state index in [0.29, 0.717) is 25.8 Å². The van der Waals surface area contributed by atoms with Crippen LogP contribution in [-0.4, -0.2) is 77.1 Å². The number of carbonyl (C=O) groups excluding carboxylic acids is 4. The lowest BCUT2D eigenvalue weighted by Gasteiger charge is -2.25. The molecule has 33 heavy (non-hydrogen) atoms. The van der Waals surface area contributed by atoms with Crippen molar-refractivity contribution in [1.29, 1.82) is 0 Å². The first-order valence-corrected chi connectivity index (χ1v) is 10.9. The Balaban J connectivity index is 5.17. The van der Waals surface area contributed by atoms with Crippen LogP contribution in [0.3, 0.4) is 0 Å². The zero-order valence-electron chi connectivity index (χ0n) is 19.2. The third-order valence-corrected chi connectivity index (χ3v) is 4.76. The molecule has 4 atom stereocenters. The van der Waals surface area contributed by atoms with Gasteiger partial charge in [0.15, 0.2) is 0 Å². The SMILES string of the molecule is CC(C)CC(NC(=O)C(N)CCCCN)C(=O)NC(CO)C(=O)NC(CCC(N)=O)C(=O)O. The van der Waals surface area contributed by atoms with Gasteiger partial charge < -0.3 is 43.4 Å². The lowest BCUT2D eigenvalue weighted by Crippen LogP contribution is -2.58. The number of amides is 4. The van der Waals surface area contributed by atoms with Gasteiger partial charge in [0.25, 0.3) is 0 Å². The number of carboxylic acid groups (broad SMARTS) is 1. The van der Waals surface area contributed by atoms with Crippen molar-refractivity contribution in [2.75, 3.05) is 13.2 Å². The minimum Gasteiger partial charge on any atom is -0.480 e. The molecule has 0 aromatic heterocycles. The highest BCUT2D eigenvalue weighted by atomic mass is 16.4. The van der Waals surface area contributed by atoms with Crippen molar-refractivity contribution < 1.29 is 34.2 Å². The molecule has 0 aliphatic heterocycles. The topological polar surface area (TPSA) is 240 Å². The molecule has 190 valence electrons. The van der Waals surface area contributed by atoms with Crippen molar-refractivity contribution in [3.8, 4) is 0 Å². The average Bonchev–Trinajstić information content (AvgIpc) is 2.73. The zero-order chi connectivity index (χ0) is 25.6. The second-order valence-corrected chi connectivity index (χ2v) is 8.23. The molecule has 0 rings (SSSR count). The number of aliphatic hydroxyl groups excluding tert-OH is 1. The van der Waals surface area contributed by atoms with Crippen molar-refractivity contribution in [1.82, 2.24) is 16.0 Å². The Bertz CT molecular complexity index is 673. The molecule has 0 aromatic carbocycles. The predicted molar refractivity (Wildman–Crippen MR) is 119 cm³/mol. The minimum atomic E-state index is -1.47. The Hall–Kier alpha value is -2.77. The minimum absolute atomic E-state index is 0.00103. The van der Waals surface area contributed by atoms with E-state index in [9.17, 15) is 34.2 Å². The van der Waals surface area contributed by atoms with Gasteiger partial charge in [-0.2, -0.15) is 0 Å². The summed E-state index contributed by atoms with van der Waals surface area (Å²) in [5, 5.41) is 25.8. The predicted octanol–water partition coefficient (Wildman–Crippen LogP) is -2.71. The van der Waals surface area contributed by atoms with Crippen molar-refractivity contribution >= 4 is 29.6 Å². The highest BCUT2D eigenvalue weighted by Gasteiger charge is 2.30. The summed E-state index contributed by atoms with van der Waals surface area (Å²) in [6.07, 6.45) is 1.46. The first kappa shape index (κ1) is 30.2. The molecule has 0 aliphatic carbocycles. The molecule has 13 nitrogen and oxygen atoms in total. The van der Waals surface area contributed by atoms with Crippen LogP contribution in [0.1, 0.15) is 52.4 Å². The molecule has 11 N–H and O–H groups in total. The van der Waals surface area contributed by atoms with Crippen LogP contribution in [-0.2, 0) is 24.0 Å². The van der Waals surface area contributed by atoms with Gasteiger partial charge in [-0.1, -0.05) is 20.3 Å². The molecule has 0 aliphatic rings. The van der Waals surface area contributed by atoms with Gasteiger partial charge >= 0.3 is 5.97 Å². The molecule has 4 amide bonds. The second-order valence-electron chi connectivity index (χ2n) is 8.23. The van der Waals surface area contributed by atoms with Gasteiger partial charge in [0.05, 0.1) is 12.6 Å². The highest BCUT2D eigenvalue weighted by Crippen LogP contribution is 2.07. The Kier molecular flexibility index (Phi) is 14.6. The summed E-state index contributed by atoms with van der Waals surface area (Å²) in [6, 6.07) is -4.77. The number of nitrogens with one attached hydrogen (secondary N) is 3. The van der Waals surface area contributed by atoms with E-state index < -0.39 is 60.4 Å². The summed E-state index contributed by atoms with van der Waals surface area (Å²) >= 11 is 0. The highest BCUT2D eigenvalue weighted by molar-refractivity contribution is 5.94. The molecular formula is C20H38N6O7. The average molecular weight is 475 g/mol. The Morgan fingerprint density at radius 2 is 1.39 bits per heavy atom. The van der Waals surface area contributed by atoms with E-state index in [1.54, 1.807) is 0 Å². The van der Waals surface area contributed by atoms with E-state index in [-0.39, 0.29) is 25.2 Å². The molecule has 0 bridgehead atoms. The van der Waals surface area contributed by atoms with Gasteiger partial charge in [-0.3, -0.25) is 19.2 Å². The maximum Gasteiger partial charge on any atom is 0.326 e. The fourth-order valence-electron chi connectivity index (χ4n) is 2.90. The van der Waals surface area contributed by atoms with Crippen molar-refractivity contribution in [3.63, 3.8) is 0 Å². The zero-order valence-corrected chi connectivity index (χ0v) is 19.2. The van der Waals surface area contributed by atoms with Crippen LogP contribution in [0.15, 0.2) is 0 Å². The van der Waals surface area contributed by atoms with Crippen LogP contribution < -0.4 is 33.2 Å².